The number of aromatic nitrogens is 1. The molecule has 2 aromatic rings. The van der Waals surface area contributed by atoms with Gasteiger partial charge in [0.25, 0.3) is 0 Å². The van der Waals surface area contributed by atoms with Gasteiger partial charge in [-0.15, -0.1) is 0 Å². The van der Waals surface area contributed by atoms with Crippen LogP contribution in [0.5, 0.6) is 0 Å². The van der Waals surface area contributed by atoms with Gasteiger partial charge in [0, 0.05) is 68.5 Å². The molecule has 1 aromatic heterocycles. The van der Waals surface area contributed by atoms with Crippen molar-refractivity contribution < 1.29 is 9.13 Å². The van der Waals surface area contributed by atoms with Crippen LogP contribution in [0.1, 0.15) is 18.5 Å². The van der Waals surface area contributed by atoms with Crippen LogP contribution >= 0.6 is 0 Å². The highest BCUT2D eigenvalue weighted by Gasteiger charge is 2.23. The molecule has 1 aromatic carbocycles. The molecule has 2 aliphatic rings. The van der Waals surface area contributed by atoms with Crippen molar-refractivity contribution in [3.05, 3.63) is 46.0 Å². The van der Waals surface area contributed by atoms with E-state index in [1.165, 1.54) is 25.0 Å². The Hall–Kier alpha value is -1.76. The monoisotopic (exact) mass is 345 g/mol. The van der Waals surface area contributed by atoms with Crippen LogP contribution in [0.4, 0.5) is 4.39 Å². The Kier molecular flexibility index (Phi) is 4.83. The number of H-pyrrole nitrogens is 1. The van der Waals surface area contributed by atoms with Gasteiger partial charge in [-0.25, -0.2) is 4.39 Å². The molecule has 1 atom stereocenters. The molecule has 0 saturated carbocycles. The van der Waals surface area contributed by atoms with Gasteiger partial charge in [-0.05, 0) is 31.0 Å². The molecule has 0 spiro atoms. The zero-order valence-electron chi connectivity index (χ0n) is 14.3. The zero-order chi connectivity index (χ0) is 17.2. The summed E-state index contributed by atoms with van der Waals surface area (Å²) in [5.74, 6) is -0.381. The fourth-order valence-electron chi connectivity index (χ4n) is 3.81. The summed E-state index contributed by atoms with van der Waals surface area (Å²) < 4.78 is 19.0. The number of benzene rings is 1. The zero-order valence-corrected chi connectivity index (χ0v) is 14.3. The number of piperazine rings is 1. The highest BCUT2D eigenvalue weighted by molar-refractivity contribution is 5.78. The Morgan fingerprint density at radius 1 is 1.16 bits per heavy atom. The highest BCUT2D eigenvalue weighted by Crippen LogP contribution is 2.16. The second-order valence-electron chi connectivity index (χ2n) is 7.06. The molecule has 0 radical (unpaired) electrons. The van der Waals surface area contributed by atoms with Crippen LogP contribution in [0.15, 0.2) is 29.1 Å². The van der Waals surface area contributed by atoms with Gasteiger partial charge >= 0.3 is 0 Å². The minimum atomic E-state index is -0.381. The van der Waals surface area contributed by atoms with Crippen LogP contribution in [-0.2, 0) is 11.3 Å². The predicted molar refractivity (Wildman–Crippen MR) is 95.2 cm³/mol. The lowest BCUT2D eigenvalue weighted by Crippen LogP contribution is -2.48. The minimum Gasteiger partial charge on any atom is -0.377 e. The van der Waals surface area contributed by atoms with E-state index >= 15 is 0 Å². The van der Waals surface area contributed by atoms with Crippen LogP contribution in [0.3, 0.4) is 0 Å². The Morgan fingerprint density at radius 3 is 2.72 bits per heavy atom. The molecule has 0 aliphatic carbocycles. The van der Waals surface area contributed by atoms with Gasteiger partial charge in [0.15, 0.2) is 5.43 Å². The first-order chi connectivity index (χ1) is 12.2. The van der Waals surface area contributed by atoms with Gasteiger partial charge in [0.2, 0.25) is 0 Å². The number of pyridine rings is 1. The molecule has 2 saturated heterocycles. The standard InChI is InChI=1S/C19H24FN3O2/c20-14-3-4-18-17(10-14)19(24)11-15(21-18)12-22-5-7-23(8-6-22)13-16-2-1-9-25-16/h3-4,10-11,16H,1-2,5-9,12-13H2,(H,21,24)/t16-/m0/s1. The lowest BCUT2D eigenvalue weighted by molar-refractivity contribution is 0.0487. The van der Waals surface area contributed by atoms with Crippen molar-refractivity contribution in [1.29, 1.82) is 0 Å². The number of fused-ring (bicyclic) bond motifs is 1. The van der Waals surface area contributed by atoms with E-state index in [4.69, 9.17) is 4.74 Å². The van der Waals surface area contributed by atoms with Crippen molar-refractivity contribution in [3.63, 3.8) is 0 Å². The third kappa shape index (κ3) is 3.92. The third-order valence-electron chi connectivity index (χ3n) is 5.19. The number of aromatic amines is 1. The van der Waals surface area contributed by atoms with Crippen LogP contribution in [0, 0.1) is 5.82 Å². The Bertz CT molecular complexity index is 793. The number of halogens is 1. The summed E-state index contributed by atoms with van der Waals surface area (Å²) in [7, 11) is 0. The van der Waals surface area contributed by atoms with Crippen LogP contribution in [0.25, 0.3) is 10.9 Å². The summed E-state index contributed by atoms with van der Waals surface area (Å²) >= 11 is 0. The molecule has 3 heterocycles. The minimum absolute atomic E-state index is 0.125. The summed E-state index contributed by atoms with van der Waals surface area (Å²) in [6, 6.07) is 5.91. The second kappa shape index (κ2) is 7.23. The van der Waals surface area contributed by atoms with E-state index in [2.05, 4.69) is 14.8 Å². The fraction of sp³-hybridized carbons (Fsp3) is 0.526. The molecule has 0 amide bonds. The van der Waals surface area contributed by atoms with Gasteiger partial charge in [-0.2, -0.15) is 0 Å². The molecular formula is C19H24FN3O2. The summed E-state index contributed by atoms with van der Waals surface area (Å²) in [5.41, 5.74) is 1.46. The topological polar surface area (TPSA) is 48.6 Å². The molecule has 5 nitrogen and oxygen atoms in total. The smallest absolute Gasteiger partial charge is 0.189 e. The number of hydrogen-bond acceptors (Lipinski definition) is 4. The highest BCUT2D eigenvalue weighted by atomic mass is 19.1. The van der Waals surface area contributed by atoms with Gasteiger partial charge in [-0.1, -0.05) is 0 Å². The fourth-order valence-corrected chi connectivity index (χ4v) is 3.81. The summed E-state index contributed by atoms with van der Waals surface area (Å²) in [5, 5.41) is 0.408. The van der Waals surface area contributed by atoms with Gasteiger partial charge < -0.3 is 9.72 Å². The van der Waals surface area contributed by atoms with E-state index in [-0.39, 0.29) is 11.2 Å². The maximum Gasteiger partial charge on any atom is 0.189 e. The van der Waals surface area contributed by atoms with Gasteiger partial charge in [-0.3, -0.25) is 14.6 Å². The first kappa shape index (κ1) is 16.7. The molecule has 0 bridgehead atoms. The van der Waals surface area contributed by atoms with E-state index in [1.54, 1.807) is 12.1 Å². The van der Waals surface area contributed by atoms with Crippen molar-refractivity contribution in [2.45, 2.75) is 25.5 Å². The molecule has 134 valence electrons. The number of nitrogens with zero attached hydrogens (tertiary/aromatic N) is 2. The first-order valence-corrected chi connectivity index (χ1v) is 9.05. The second-order valence-corrected chi connectivity index (χ2v) is 7.06. The van der Waals surface area contributed by atoms with Crippen molar-refractivity contribution in [2.24, 2.45) is 0 Å². The van der Waals surface area contributed by atoms with E-state index in [1.807, 2.05) is 0 Å². The summed E-state index contributed by atoms with van der Waals surface area (Å²) in [6.45, 7) is 6.69. The van der Waals surface area contributed by atoms with Crippen molar-refractivity contribution in [1.82, 2.24) is 14.8 Å². The quantitative estimate of drug-likeness (QED) is 0.920. The largest absolute Gasteiger partial charge is 0.377 e. The predicted octanol–water partition coefficient (Wildman–Crippen LogP) is 1.96. The van der Waals surface area contributed by atoms with E-state index in [9.17, 15) is 9.18 Å². The number of nitrogens with one attached hydrogen (secondary N) is 1. The Labute approximate surface area is 146 Å². The maximum atomic E-state index is 13.3. The SMILES string of the molecule is O=c1cc(CN2CCN(C[C@@H]3CCCO3)CC2)[nH]c2ccc(F)cc12. The Balaban J connectivity index is 1.37. The van der Waals surface area contributed by atoms with Gasteiger partial charge in [0.1, 0.15) is 5.82 Å². The lowest BCUT2D eigenvalue weighted by atomic mass is 10.1. The molecule has 0 unspecified atom stereocenters. The van der Waals surface area contributed by atoms with Gasteiger partial charge in [0.05, 0.1) is 6.10 Å². The first-order valence-electron chi connectivity index (χ1n) is 9.05. The summed E-state index contributed by atoms with van der Waals surface area (Å²) in [4.78, 5) is 20.3. The molecule has 25 heavy (non-hydrogen) atoms. The molecule has 2 aliphatic heterocycles. The number of ether oxygens (including phenoxy) is 1. The van der Waals surface area contributed by atoms with Crippen molar-refractivity contribution >= 4 is 10.9 Å². The van der Waals surface area contributed by atoms with E-state index < -0.39 is 0 Å². The van der Waals surface area contributed by atoms with E-state index in [0.29, 0.717) is 17.0 Å². The Morgan fingerprint density at radius 2 is 1.96 bits per heavy atom. The molecule has 2 fully saturated rings. The number of rotatable bonds is 4. The number of hydrogen-bond donors (Lipinski definition) is 1. The van der Waals surface area contributed by atoms with Crippen molar-refractivity contribution in [3.8, 4) is 0 Å². The van der Waals surface area contributed by atoms with E-state index in [0.717, 1.165) is 51.6 Å². The average molecular weight is 345 g/mol. The van der Waals surface area contributed by atoms with Crippen LogP contribution in [0.2, 0.25) is 0 Å². The third-order valence-corrected chi connectivity index (χ3v) is 5.19. The molecule has 6 heteroatoms. The lowest BCUT2D eigenvalue weighted by Gasteiger charge is -2.35. The average Bonchev–Trinajstić information content (AvgIpc) is 3.10. The molecular weight excluding hydrogens is 321 g/mol. The van der Waals surface area contributed by atoms with Crippen molar-refractivity contribution in [2.75, 3.05) is 39.3 Å². The summed E-state index contributed by atoms with van der Waals surface area (Å²) in [6.07, 6.45) is 2.77. The normalized spacial score (nSPS) is 22.7. The van der Waals surface area contributed by atoms with Crippen LogP contribution < -0.4 is 5.43 Å². The van der Waals surface area contributed by atoms with Crippen LogP contribution in [-0.4, -0.2) is 60.2 Å². The molecule has 1 N–H and O–H groups in total. The maximum absolute atomic E-state index is 13.3. The molecule has 4 rings (SSSR count).